The predicted molar refractivity (Wildman–Crippen MR) is 87.8 cm³/mol. The molecule has 0 heterocycles. The first-order valence-corrected chi connectivity index (χ1v) is 7.26. The fraction of sp³-hybridized carbons (Fsp3) is 0.235. The average molecular weight is 314 g/mol. The molecule has 6 heteroatoms. The van der Waals surface area contributed by atoms with Gasteiger partial charge in [0.1, 0.15) is 5.75 Å². The lowest BCUT2D eigenvalue weighted by Crippen LogP contribution is -2.35. The van der Waals surface area contributed by atoms with Crippen molar-refractivity contribution < 1.29 is 14.5 Å². The van der Waals surface area contributed by atoms with Crippen LogP contribution < -0.4 is 9.64 Å². The van der Waals surface area contributed by atoms with Crippen molar-refractivity contribution >= 4 is 17.3 Å². The lowest BCUT2D eigenvalue weighted by Gasteiger charge is -2.23. The van der Waals surface area contributed by atoms with Crippen molar-refractivity contribution in [2.45, 2.75) is 13.8 Å². The van der Waals surface area contributed by atoms with E-state index in [4.69, 9.17) is 4.74 Å². The van der Waals surface area contributed by atoms with Crippen LogP contribution in [0.15, 0.2) is 48.5 Å². The first kappa shape index (κ1) is 16.5. The highest BCUT2D eigenvalue weighted by Gasteiger charge is 2.16. The Balaban J connectivity index is 2.07. The van der Waals surface area contributed by atoms with E-state index in [0.717, 1.165) is 11.3 Å². The maximum Gasteiger partial charge on any atom is 0.273 e. The van der Waals surface area contributed by atoms with E-state index in [2.05, 4.69) is 0 Å². The Morgan fingerprint density at radius 3 is 2.61 bits per heavy atom. The second-order valence-corrected chi connectivity index (χ2v) is 4.97. The number of hydrogen-bond acceptors (Lipinski definition) is 4. The molecular formula is C17H18N2O4. The van der Waals surface area contributed by atoms with Crippen molar-refractivity contribution in [2.75, 3.05) is 18.1 Å². The summed E-state index contributed by atoms with van der Waals surface area (Å²) >= 11 is 0. The lowest BCUT2D eigenvalue weighted by molar-refractivity contribution is -0.384. The summed E-state index contributed by atoms with van der Waals surface area (Å²) in [6.45, 7) is 4.16. The number of hydrogen-bond donors (Lipinski definition) is 0. The number of likely N-dealkylation sites (N-methyl/N-ethyl adjacent to an activating group) is 1. The van der Waals surface area contributed by atoms with E-state index in [1.165, 1.54) is 18.2 Å². The molecule has 0 bridgehead atoms. The molecule has 0 spiro atoms. The van der Waals surface area contributed by atoms with Crippen LogP contribution in [-0.4, -0.2) is 24.0 Å². The summed E-state index contributed by atoms with van der Waals surface area (Å²) in [6.07, 6.45) is 0. The number of amides is 1. The van der Waals surface area contributed by atoms with E-state index in [1.54, 1.807) is 11.0 Å². The SMILES string of the molecule is CCN(C(=O)COc1cccc([N+](=O)[O-])c1)c1ccccc1C. The number of aryl methyl sites for hydroxylation is 1. The zero-order chi connectivity index (χ0) is 16.8. The maximum absolute atomic E-state index is 12.4. The van der Waals surface area contributed by atoms with Crippen molar-refractivity contribution in [3.05, 3.63) is 64.2 Å². The molecule has 0 unspecified atom stereocenters. The monoisotopic (exact) mass is 314 g/mol. The minimum atomic E-state index is -0.500. The van der Waals surface area contributed by atoms with Gasteiger partial charge in [0, 0.05) is 18.3 Å². The molecule has 2 aromatic rings. The van der Waals surface area contributed by atoms with Crippen molar-refractivity contribution in [3.8, 4) is 5.75 Å². The van der Waals surface area contributed by atoms with Crippen LogP contribution in [0.3, 0.4) is 0 Å². The van der Waals surface area contributed by atoms with E-state index in [0.29, 0.717) is 12.3 Å². The fourth-order valence-electron chi connectivity index (χ4n) is 2.26. The van der Waals surface area contributed by atoms with Gasteiger partial charge in [-0.2, -0.15) is 0 Å². The van der Waals surface area contributed by atoms with Gasteiger partial charge in [-0.1, -0.05) is 24.3 Å². The summed E-state index contributed by atoms with van der Waals surface area (Å²) < 4.78 is 5.41. The highest BCUT2D eigenvalue weighted by atomic mass is 16.6. The van der Waals surface area contributed by atoms with Gasteiger partial charge < -0.3 is 9.64 Å². The van der Waals surface area contributed by atoms with Gasteiger partial charge in [-0.15, -0.1) is 0 Å². The maximum atomic E-state index is 12.4. The summed E-state index contributed by atoms with van der Waals surface area (Å²) in [6, 6.07) is 13.4. The predicted octanol–water partition coefficient (Wildman–Crippen LogP) is 3.34. The molecule has 0 aliphatic carbocycles. The van der Waals surface area contributed by atoms with Gasteiger partial charge in [-0.3, -0.25) is 14.9 Å². The molecule has 0 radical (unpaired) electrons. The molecule has 0 saturated carbocycles. The highest BCUT2D eigenvalue weighted by molar-refractivity contribution is 5.95. The number of ether oxygens (including phenoxy) is 1. The average Bonchev–Trinajstić information content (AvgIpc) is 2.55. The third-order valence-electron chi connectivity index (χ3n) is 3.41. The third-order valence-corrected chi connectivity index (χ3v) is 3.41. The van der Waals surface area contributed by atoms with Crippen LogP contribution in [0, 0.1) is 17.0 Å². The number of benzene rings is 2. The Kier molecular flexibility index (Phi) is 5.30. The first-order valence-electron chi connectivity index (χ1n) is 7.26. The molecule has 0 aliphatic heterocycles. The van der Waals surface area contributed by atoms with Gasteiger partial charge >= 0.3 is 0 Å². The zero-order valence-electron chi connectivity index (χ0n) is 13.1. The summed E-state index contributed by atoms with van der Waals surface area (Å²) in [5.74, 6) is 0.0988. The summed E-state index contributed by atoms with van der Waals surface area (Å²) in [4.78, 5) is 24.3. The number of nitrogens with zero attached hydrogens (tertiary/aromatic N) is 2. The van der Waals surface area contributed by atoms with Gasteiger partial charge in [-0.05, 0) is 31.5 Å². The number of carbonyl (C=O) groups excluding carboxylic acids is 1. The number of rotatable bonds is 6. The van der Waals surface area contributed by atoms with Crippen LogP contribution in [0.25, 0.3) is 0 Å². The van der Waals surface area contributed by atoms with Gasteiger partial charge in [0.15, 0.2) is 6.61 Å². The number of nitro groups is 1. The summed E-state index contributed by atoms with van der Waals surface area (Å²) in [5.41, 5.74) is 1.77. The van der Waals surface area contributed by atoms with Crippen LogP contribution in [0.4, 0.5) is 11.4 Å². The quantitative estimate of drug-likeness (QED) is 0.605. The third kappa shape index (κ3) is 4.06. The Bertz CT molecular complexity index is 715. The molecule has 0 saturated heterocycles. The topological polar surface area (TPSA) is 72.7 Å². The smallest absolute Gasteiger partial charge is 0.273 e. The molecule has 0 fully saturated rings. The number of carbonyl (C=O) groups is 1. The van der Waals surface area contributed by atoms with Crippen LogP contribution in [0.5, 0.6) is 5.75 Å². The molecule has 0 N–H and O–H groups in total. The zero-order valence-corrected chi connectivity index (χ0v) is 13.1. The molecule has 2 rings (SSSR count). The number of anilines is 1. The lowest BCUT2D eigenvalue weighted by atomic mass is 10.2. The Morgan fingerprint density at radius 1 is 1.22 bits per heavy atom. The molecule has 120 valence electrons. The number of para-hydroxylation sites is 1. The summed E-state index contributed by atoms with van der Waals surface area (Å²) in [5, 5.41) is 10.7. The van der Waals surface area contributed by atoms with E-state index >= 15 is 0 Å². The molecule has 0 aromatic heterocycles. The van der Waals surface area contributed by atoms with E-state index < -0.39 is 4.92 Å². The largest absolute Gasteiger partial charge is 0.483 e. The van der Waals surface area contributed by atoms with Crippen LogP contribution in [-0.2, 0) is 4.79 Å². The summed E-state index contributed by atoms with van der Waals surface area (Å²) in [7, 11) is 0. The minimum absolute atomic E-state index is 0.0683. The van der Waals surface area contributed by atoms with Crippen molar-refractivity contribution in [1.29, 1.82) is 0 Å². The van der Waals surface area contributed by atoms with E-state index in [9.17, 15) is 14.9 Å². The number of nitro benzene ring substituents is 1. The molecule has 23 heavy (non-hydrogen) atoms. The molecular weight excluding hydrogens is 296 g/mol. The highest BCUT2D eigenvalue weighted by Crippen LogP contribution is 2.21. The molecule has 1 amide bonds. The van der Waals surface area contributed by atoms with E-state index in [-0.39, 0.29) is 18.2 Å². The van der Waals surface area contributed by atoms with Crippen molar-refractivity contribution in [2.24, 2.45) is 0 Å². The molecule has 2 aromatic carbocycles. The van der Waals surface area contributed by atoms with Crippen LogP contribution >= 0.6 is 0 Å². The second-order valence-electron chi connectivity index (χ2n) is 4.97. The van der Waals surface area contributed by atoms with Crippen LogP contribution in [0.2, 0.25) is 0 Å². The van der Waals surface area contributed by atoms with Crippen LogP contribution in [0.1, 0.15) is 12.5 Å². The van der Waals surface area contributed by atoms with Crippen molar-refractivity contribution in [1.82, 2.24) is 0 Å². The molecule has 0 atom stereocenters. The minimum Gasteiger partial charge on any atom is -0.483 e. The standard InChI is InChI=1S/C17H18N2O4/c1-3-18(16-10-5-4-7-13(16)2)17(20)12-23-15-9-6-8-14(11-15)19(21)22/h4-11H,3,12H2,1-2H3. The van der Waals surface area contributed by atoms with Gasteiger partial charge in [0.25, 0.3) is 11.6 Å². The first-order chi connectivity index (χ1) is 11.0. The Hall–Kier alpha value is -2.89. The van der Waals surface area contributed by atoms with Crippen molar-refractivity contribution in [3.63, 3.8) is 0 Å². The van der Waals surface area contributed by atoms with E-state index in [1.807, 2.05) is 38.1 Å². The Labute approximate surface area is 134 Å². The fourth-order valence-corrected chi connectivity index (χ4v) is 2.26. The number of non-ortho nitro benzene ring substituents is 1. The Morgan fingerprint density at radius 2 is 1.96 bits per heavy atom. The molecule has 6 nitrogen and oxygen atoms in total. The second kappa shape index (κ2) is 7.40. The van der Waals surface area contributed by atoms with Gasteiger partial charge in [0.2, 0.25) is 0 Å². The van der Waals surface area contributed by atoms with Gasteiger partial charge in [-0.25, -0.2) is 0 Å². The molecule has 0 aliphatic rings. The normalized spacial score (nSPS) is 10.2. The van der Waals surface area contributed by atoms with Gasteiger partial charge in [0.05, 0.1) is 11.0 Å².